The lowest BCUT2D eigenvalue weighted by Gasteiger charge is -2.10. The number of imide groups is 1. The minimum absolute atomic E-state index is 0.0395. The Morgan fingerprint density at radius 2 is 1.96 bits per heavy atom. The molecule has 1 saturated heterocycles. The molecule has 1 aromatic heterocycles. The third kappa shape index (κ3) is 3.33. The first-order valence-electron chi connectivity index (χ1n) is 8.18. The number of hydrogen-bond donors (Lipinski definition) is 1. The van der Waals surface area contributed by atoms with Crippen molar-refractivity contribution in [2.75, 3.05) is 13.7 Å². The van der Waals surface area contributed by atoms with Crippen LogP contribution in [0.3, 0.4) is 0 Å². The molecule has 7 nitrogen and oxygen atoms in total. The maximum Gasteiger partial charge on any atom is 0.329 e. The zero-order valence-electron chi connectivity index (χ0n) is 15.1. The Hall–Kier alpha value is -3.42. The Morgan fingerprint density at radius 3 is 2.63 bits per heavy atom. The van der Waals surface area contributed by atoms with Crippen LogP contribution in [0.25, 0.3) is 11.8 Å². The molecule has 3 amide bonds. The normalized spacial score (nSPS) is 15.4. The number of rotatable bonds is 4. The summed E-state index contributed by atoms with van der Waals surface area (Å²) in [5, 5.41) is 2.45. The highest BCUT2D eigenvalue weighted by Gasteiger charge is 2.35. The van der Waals surface area contributed by atoms with E-state index in [9.17, 15) is 18.8 Å². The van der Waals surface area contributed by atoms with Crippen LogP contribution in [-0.4, -0.2) is 41.0 Å². The van der Waals surface area contributed by atoms with Crippen LogP contribution in [0.1, 0.15) is 17.0 Å². The van der Waals surface area contributed by atoms with Gasteiger partial charge in [-0.2, -0.15) is 0 Å². The highest BCUT2D eigenvalue weighted by Crippen LogP contribution is 2.25. The summed E-state index contributed by atoms with van der Waals surface area (Å²) in [6.07, 6.45) is 1.51. The van der Waals surface area contributed by atoms with Gasteiger partial charge in [-0.1, -0.05) is 12.1 Å². The zero-order chi connectivity index (χ0) is 19.7. The maximum atomic E-state index is 14.2. The van der Waals surface area contributed by atoms with Gasteiger partial charge in [0.2, 0.25) is 0 Å². The molecular weight excluding hydrogens is 353 g/mol. The number of esters is 1. The summed E-state index contributed by atoms with van der Waals surface area (Å²) in [5.74, 6) is -1.69. The Balaban J connectivity index is 1.96. The van der Waals surface area contributed by atoms with E-state index in [1.807, 2.05) is 6.92 Å². The molecule has 1 aliphatic rings. The van der Waals surface area contributed by atoms with Gasteiger partial charge in [-0.25, -0.2) is 14.1 Å². The third-order valence-corrected chi connectivity index (χ3v) is 4.34. The molecule has 2 heterocycles. The highest BCUT2D eigenvalue weighted by molar-refractivity contribution is 6.15. The van der Waals surface area contributed by atoms with E-state index in [1.54, 1.807) is 35.8 Å². The van der Waals surface area contributed by atoms with Crippen molar-refractivity contribution in [1.29, 1.82) is 0 Å². The number of aromatic nitrogens is 1. The number of benzene rings is 1. The van der Waals surface area contributed by atoms with Crippen molar-refractivity contribution in [2.45, 2.75) is 13.8 Å². The molecule has 0 atom stereocenters. The summed E-state index contributed by atoms with van der Waals surface area (Å²) >= 11 is 0. The van der Waals surface area contributed by atoms with E-state index >= 15 is 0 Å². The molecule has 3 rings (SSSR count). The summed E-state index contributed by atoms with van der Waals surface area (Å²) < 4.78 is 20.4. The van der Waals surface area contributed by atoms with E-state index in [-0.39, 0.29) is 11.5 Å². The first kappa shape index (κ1) is 18.4. The van der Waals surface area contributed by atoms with E-state index in [4.69, 9.17) is 0 Å². The second kappa shape index (κ2) is 7.06. The largest absolute Gasteiger partial charge is 0.468 e. The van der Waals surface area contributed by atoms with Crippen LogP contribution in [0.15, 0.2) is 36.0 Å². The average Bonchev–Trinajstić information content (AvgIpc) is 3.06. The second-order valence-electron chi connectivity index (χ2n) is 6.07. The van der Waals surface area contributed by atoms with Crippen molar-refractivity contribution >= 4 is 24.0 Å². The van der Waals surface area contributed by atoms with Gasteiger partial charge in [0.15, 0.2) is 0 Å². The molecule has 0 bridgehead atoms. The minimum atomic E-state index is -0.697. The van der Waals surface area contributed by atoms with Crippen LogP contribution in [0.2, 0.25) is 0 Å². The molecule has 1 aliphatic heterocycles. The van der Waals surface area contributed by atoms with Gasteiger partial charge < -0.3 is 14.6 Å². The monoisotopic (exact) mass is 371 g/mol. The summed E-state index contributed by atoms with van der Waals surface area (Å²) in [5.41, 5.74) is 2.56. The number of carbonyl (C=O) groups excluding carboxylic acids is 3. The SMILES string of the molecule is COC(=O)CN1C(=O)N/C(=C/c2cc(C)n(-c3ccccc3F)c2C)C1=O. The molecule has 0 aliphatic carbocycles. The number of halogens is 1. The van der Waals surface area contributed by atoms with Gasteiger partial charge in [0, 0.05) is 11.4 Å². The van der Waals surface area contributed by atoms with Crippen LogP contribution in [0.4, 0.5) is 9.18 Å². The topological polar surface area (TPSA) is 80.6 Å². The molecule has 0 saturated carbocycles. The van der Waals surface area contributed by atoms with Crippen molar-refractivity contribution in [3.8, 4) is 5.69 Å². The number of ether oxygens (including phenoxy) is 1. The van der Waals surface area contributed by atoms with Crippen molar-refractivity contribution in [3.63, 3.8) is 0 Å². The fraction of sp³-hybridized carbons (Fsp3) is 0.211. The summed E-state index contributed by atoms with van der Waals surface area (Å²) in [4.78, 5) is 36.5. The van der Waals surface area contributed by atoms with E-state index in [2.05, 4.69) is 10.1 Å². The number of nitrogens with one attached hydrogen (secondary N) is 1. The number of amides is 3. The lowest BCUT2D eigenvalue weighted by Crippen LogP contribution is -2.36. The molecular formula is C19H18FN3O4. The lowest BCUT2D eigenvalue weighted by atomic mass is 10.2. The van der Waals surface area contributed by atoms with Gasteiger partial charge in [0.25, 0.3) is 5.91 Å². The lowest BCUT2D eigenvalue weighted by molar-refractivity contribution is -0.143. The Bertz CT molecular complexity index is 977. The van der Waals surface area contributed by atoms with Gasteiger partial charge >= 0.3 is 12.0 Å². The van der Waals surface area contributed by atoms with E-state index in [1.165, 1.54) is 19.3 Å². The third-order valence-electron chi connectivity index (χ3n) is 4.34. The predicted molar refractivity (Wildman–Crippen MR) is 95.4 cm³/mol. The number of carbonyl (C=O) groups is 3. The molecule has 1 aromatic carbocycles. The molecule has 0 radical (unpaired) electrons. The van der Waals surface area contributed by atoms with Gasteiger partial charge in [0.1, 0.15) is 18.1 Å². The van der Waals surface area contributed by atoms with Gasteiger partial charge in [-0.3, -0.25) is 9.59 Å². The number of para-hydroxylation sites is 1. The maximum absolute atomic E-state index is 14.2. The molecule has 8 heteroatoms. The van der Waals surface area contributed by atoms with E-state index in [0.717, 1.165) is 10.6 Å². The fourth-order valence-electron chi connectivity index (χ4n) is 3.00. The Kier molecular flexibility index (Phi) is 4.81. The minimum Gasteiger partial charge on any atom is -0.468 e. The van der Waals surface area contributed by atoms with Crippen molar-refractivity contribution in [2.24, 2.45) is 0 Å². The Morgan fingerprint density at radius 1 is 1.26 bits per heavy atom. The first-order valence-corrected chi connectivity index (χ1v) is 8.18. The van der Waals surface area contributed by atoms with Crippen LogP contribution >= 0.6 is 0 Å². The summed E-state index contributed by atoms with van der Waals surface area (Å²) in [7, 11) is 1.18. The van der Waals surface area contributed by atoms with Gasteiger partial charge in [-0.05, 0) is 43.7 Å². The van der Waals surface area contributed by atoms with Crippen molar-refractivity contribution < 1.29 is 23.5 Å². The number of hydrogen-bond acceptors (Lipinski definition) is 4. The van der Waals surface area contributed by atoms with Crippen LogP contribution in [-0.2, 0) is 14.3 Å². The summed E-state index contributed by atoms with van der Waals surface area (Å²) in [6, 6.07) is 7.47. The fourth-order valence-corrected chi connectivity index (χ4v) is 3.00. The molecule has 2 aromatic rings. The molecule has 1 N–H and O–H groups in total. The summed E-state index contributed by atoms with van der Waals surface area (Å²) in [6.45, 7) is 3.14. The van der Waals surface area contributed by atoms with Crippen LogP contribution in [0, 0.1) is 19.7 Å². The van der Waals surface area contributed by atoms with Gasteiger partial charge in [-0.15, -0.1) is 0 Å². The standard InChI is InChI=1S/C19H18FN3O4/c1-11-8-13(12(2)23(11)16-7-5-4-6-14(16)20)9-15-18(25)22(19(26)21-15)10-17(24)27-3/h4-9H,10H2,1-3H3,(H,21,26)/b15-9+. The molecule has 27 heavy (non-hydrogen) atoms. The number of nitrogens with zero attached hydrogens (tertiary/aromatic N) is 2. The quantitative estimate of drug-likeness (QED) is 0.508. The van der Waals surface area contributed by atoms with Crippen LogP contribution < -0.4 is 5.32 Å². The average molecular weight is 371 g/mol. The molecule has 0 spiro atoms. The Labute approximate surface area is 155 Å². The van der Waals surface area contributed by atoms with E-state index in [0.29, 0.717) is 16.9 Å². The van der Waals surface area contributed by atoms with Crippen molar-refractivity contribution in [3.05, 3.63) is 58.8 Å². The molecule has 140 valence electrons. The zero-order valence-corrected chi connectivity index (χ0v) is 15.1. The number of aryl methyl sites for hydroxylation is 1. The van der Waals surface area contributed by atoms with E-state index < -0.39 is 24.5 Å². The highest BCUT2D eigenvalue weighted by atomic mass is 19.1. The van der Waals surface area contributed by atoms with Crippen LogP contribution in [0.5, 0.6) is 0 Å². The molecule has 0 unspecified atom stereocenters. The smallest absolute Gasteiger partial charge is 0.329 e. The second-order valence-corrected chi connectivity index (χ2v) is 6.07. The van der Waals surface area contributed by atoms with Crippen molar-refractivity contribution in [1.82, 2.24) is 14.8 Å². The van der Waals surface area contributed by atoms with Gasteiger partial charge in [0.05, 0.1) is 12.8 Å². The predicted octanol–water partition coefficient (Wildman–Crippen LogP) is 2.30. The molecule has 1 fully saturated rings. The number of urea groups is 1. The first-order chi connectivity index (χ1) is 12.8. The number of methoxy groups -OCH3 is 1.